The quantitative estimate of drug-likeness (QED) is 0.470. The Hall–Kier alpha value is -4.65. The monoisotopic (exact) mass is 441 g/mol. The molecule has 0 aliphatic carbocycles. The summed E-state index contributed by atoms with van der Waals surface area (Å²) in [4.78, 5) is 26.2. The van der Waals surface area contributed by atoms with Crippen LogP contribution in [0.1, 0.15) is 23.7 Å². The van der Waals surface area contributed by atoms with E-state index in [1.165, 1.54) is 12.1 Å². The summed E-state index contributed by atoms with van der Waals surface area (Å²) >= 11 is 0. The molecule has 1 spiro atoms. The first-order valence-electron chi connectivity index (χ1n) is 10.3. The fourth-order valence-corrected chi connectivity index (χ4v) is 4.91. The Bertz CT molecular complexity index is 1410. The Morgan fingerprint density at radius 1 is 1.24 bits per heavy atom. The van der Waals surface area contributed by atoms with Crippen molar-refractivity contribution in [1.29, 1.82) is 5.26 Å². The van der Waals surface area contributed by atoms with Gasteiger partial charge < -0.3 is 16.0 Å². The molecule has 164 valence electrons. The SMILES string of the molecule is CCN1C(=O)C2(C(C#N)=C(N)Nc3c2c(C)nn3-c2ccc([N+](=O)[O-])cc2)c2ccccc21. The van der Waals surface area contributed by atoms with Gasteiger partial charge in [0.2, 0.25) is 5.91 Å². The molecule has 0 saturated carbocycles. The number of nitrogens with zero attached hydrogens (tertiary/aromatic N) is 5. The molecule has 0 fully saturated rings. The third-order valence-electron chi connectivity index (χ3n) is 6.23. The van der Waals surface area contributed by atoms with Crippen LogP contribution in [0, 0.1) is 28.4 Å². The summed E-state index contributed by atoms with van der Waals surface area (Å²) < 4.78 is 1.56. The molecule has 1 amide bonds. The van der Waals surface area contributed by atoms with Crippen molar-refractivity contribution in [3.05, 3.63) is 86.9 Å². The van der Waals surface area contributed by atoms with Crippen molar-refractivity contribution in [2.24, 2.45) is 5.73 Å². The Labute approximate surface area is 188 Å². The zero-order valence-corrected chi connectivity index (χ0v) is 17.9. The number of anilines is 2. The molecule has 0 bridgehead atoms. The van der Waals surface area contributed by atoms with Crippen molar-refractivity contribution < 1.29 is 9.72 Å². The number of aromatic nitrogens is 2. The van der Waals surface area contributed by atoms with Crippen molar-refractivity contribution in [3.8, 4) is 11.8 Å². The van der Waals surface area contributed by atoms with Crippen molar-refractivity contribution in [3.63, 3.8) is 0 Å². The third-order valence-corrected chi connectivity index (χ3v) is 6.23. The lowest BCUT2D eigenvalue weighted by Crippen LogP contribution is -2.46. The van der Waals surface area contributed by atoms with Crippen LogP contribution < -0.4 is 16.0 Å². The number of likely N-dealkylation sites (N-methyl/N-ethyl adjacent to an activating group) is 1. The van der Waals surface area contributed by atoms with Crippen LogP contribution in [-0.4, -0.2) is 27.2 Å². The largest absolute Gasteiger partial charge is 0.384 e. The fraction of sp³-hybridized carbons (Fsp3) is 0.174. The Kier molecular flexibility index (Phi) is 4.25. The number of nitrogens with one attached hydrogen (secondary N) is 1. The van der Waals surface area contributed by atoms with Crippen LogP contribution in [0.15, 0.2) is 59.9 Å². The predicted molar refractivity (Wildman–Crippen MR) is 121 cm³/mol. The van der Waals surface area contributed by atoms with E-state index in [-0.39, 0.29) is 23.0 Å². The number of fused-ring (bicyclic) bond motifs is 4. The molecule has 0 radical (unpaired) electrons. The number of para-hydroxylation sites is 1. The van der Waals surface area contributed by atoms with E-state index >= 15 is 0 Å². The average molecular weight is 441 g/mol. The van der Waals surface area contributed by atoms with E-state index in [2.05, 4.69) is 16.5 Å². The Morgan fingerprint density at radius 2 is 1.94 bits per heavy atom. The van der Waals surface area contributed by atoms with Crippen LogP contribution >= 0.6 is 0 Å². The lowest BCUT2D eigenvalue weighted by Gasteiger charge is -2.34. The Balaban J connectivity index is 1.83. The maximum Gasteiger partial charge on any atom is 0.269 e. The zero-order valence-electron chi connectivity index (χ0n) is 17.9. The molecule has 33 heavy (non-hydrogen) atoms. The van der Waals surface area contributed by atoms with E-state index in [1.54, 1.807) is 28.6 Å². The van der Waals surface area contributed by atoms with Gasteiger partial charge in [0.25, 0.3) is 5.69 Å². The van der Waals surface area contributed by atoms with E-state index in [4.69, 9.17) is 5.73 Å². The van der Waals surface area contributed by atoms with E-state index in [0.29, 0.717) is 34.9 Å². The van der Waals surface area contributed by atoms with Crippen LogP contribution in [0.3, 0.4) is 0 Å². The smallest absolute Gasteiger partial charge is 0.269 e. The van der Waals surface area contributed by atoms with Crippen LogP contribution in [0.4, 0.5) is 17.2 Å². The summed E-state index contributed by atoms with van der Waals surface area (Å²) in [5.74, 6) is 0.243. The number of rotatable bonds is 3. The van der Waals surface area contributed by atoms with Crippen molar-refractivity contribution in [1.82, 2.24) is 9.78 Å². The number of nitro groups is 1. The highest BCUT2D eigenvalue weighted by atomic mass is 16.6. The number of carbonyl (C=O) groups is 1. The van der Waals surface area contributed by atoms with Gasteiger partial charge in [-0.1, -0.05) is 18.2 Å². The highest BCUT2D eigenvalue weighted by molar-refractivity contribution is 6.15. The maximum atomic E-state index is 14.0. The highest BCUT2D eigenvalue weighted by Crippen LogP contribution is 2.55. The first kappa shape index (κ1) is 20.3. The van der Waals surface area contributed by atoms with Gasteiger partial charge in [0.1, 0.15) is 23.1 Å². The molecule has 2 aliphatic rings. The minimum atomic E-state index is -1.44. The van der Waals surface area contributed by atoms with Gasteiger partial charge in [-0.15, -0.1) is 0 Å². The second-order valence-electron chi connectivity index (χ2n) is 7.84. The van der Waals surface area contributed by atoms with Crippen LogP contribution in [-0.2, 0) is 10.2 Å². The van der Waals surface area contributed by atoms with Gasteiger partial charge >= 0.3 is 0 Å². The second kappa shape index (κ2) is 6.93. The van der Waals surface area contributed by atoms with Gasteiger partial charge in [0.15, 0.2) is 0 Å². The first-order chi connectivity index (χ1) is 15.9. The van der Waals surface area contributed by atoms with Crippen LogP contribution in [0.5, 0.6) is 0 Å². The molecule has 2 aliphatic heterocycles. The molecule has 3 N–H and O–H groups in total. The lowest BCUT2D eigenvalue weighted by molar-refractivity contribution is -0.384. The lowest BCUT2D eigenvalue weighted by atomic mass is 9.68. The van der Waals surface area contributed by atoms with E-state index in [0.717, 1.165) is 5.69 Å². The number of benzene rings is 2. The molecule has 1 atom stereocenters. The summed E-state index contributed by atoms with van der Waals surface area (Å²) in [5, 5.41) is 28.9. The van der Waals surface area contributed by atoms with Crippen LogP contribution in [0.25, 0.3) is 5.69 Å². The number of amides is 1. The number of aryl methyl sites for hydroxylation is 1. The first-order valence-corrected chi connectivity index (χ1v) is 10.3. The minimum absolute atomic E-state index is 0.0504. The van der Waals surface area contributed by atoms with Gasteiger partial charge in [-0.3, -0.25) is 14.9 Å². The topological polar surface area (TPSA) is 143 Å². The predicted octanol–water partition coefficient (Wildman–Crippen LogP) is 2.86. The third kappa shape index (κ3) is 2.47. The van der Waals surface area contributed by atoms with Gasteiger partial charge in [0, 0.05) is 35.5 Å². The van der Waals surface area contributed by atoms with Crippen molar-refractivity contribution in [2.75, 3.05) is 16.8 Å². The van der Waals surface area contributed by atoms with Crippen LogP contribution in [0.2, 0.25) is 0 Å². The second-order valence-corrected chi connectivity index (χ2v) is 7.84. The number of hydrogen-bond donors (Lipinski definition) is 2. The summed E-state index contributed by atoms with van der Waals surface area (Å²) in [6.45, 7) is 4.07. The van der Waals surface area contributed by atoms with E-state index < -0.39 is 10.3 Å². The number of hydrogen-bond acceptors (Lipinski definition) is 7. The number of nitro benzene ring substituents is 1. The number of non-ortho nitro benzene ring substituents is 1. The van der Waals surface area contributed by atoms with E-state index in [9.17, 15) is 20.2 Å². The average Bonchev–Trinajstić information content (AvgIpc) is 3.26. The molecular weight excluding hydrogens is 422 g/mol. The highest BCUT2D eigenvalue weighted by Gasteiger charge is 2.59. The standard InChI is InChI=1S/C23H19N7O3/c1-3-28-18-7-5-4-6-16(18)23(22(28)31)17(12-24)20(25)26-21-19(23)13(2)27-29(21)14-8-10-15(11-9-14)30(32)33/h4-11,26H,3,25H2,1-2H3. The molecule has 3 aromatic rings. The normalized spacial score (nSPS) is 18.7. The molecule has 5 rings (SSSR count). The number of carbonyl (C=O) groups excluding carboxylic acids is 1. The number of nitriles is 1. The number of nitrogens with two attached hydrogens (primary N) is 1. The molecule has 0 saturated heterocycles. The van der Waals surface area contributed by atoms with Crippen molar-refractivity contribution in [2.45, 2.75) is 19.3 Å². The molecule has 10 nitrogen and oxygen atoms in total. The minimum Gasteiger partial charge on any atom is -0.384 e. The zero-order chi connectivity index (χ0) is 23.5. The summed E-state index contributed by atoms with van der Waals surface area (Å²) in [6, 6.07) is 15.4. The molecular formula is C23H19N7O3. The fourth-order valence-electron chi connectivity index (χ4n) is 4.91. The molecule has 3 heterocycles. The Morgan fingerprint density at radius 3 is 2.58 bits per heavy atom. The van der Waals surface area contributed by atoms with Gasteiger partial charge in [-0.2, -0.15) is 10.4 Å². The van der Waals surface area contributed by atoms with Crippen molar-refractivity contribution >= 4 is 23.1 Å². The van der Waals surface area contributed by atoms with E-state index in [1.807, 2.05) is 31.2 Å². The molecule has 1 unspecified atom stereocenters. The summed E-state index contributed by atoms with van der Waals surface area (Å²) in [7, 11) is 0. The molecule has 2 aromatic carbocycles. The summed E-state index contributed by atoms with van der Waals surface area (Å²) in [6.07, 6.45) is 0. The molecule has 1 aromatic heterocycles. The summed E-state index contributed by atoms with van der Waals surface area (Å²) in [5.41, 5.74) is 7.99. The van der Waals surface area contributed by atoms with Gasteiger partial charge in [0.05, 0.1) is 21.9 Å². The van der Waals surface area contributed by atoms with Gasteiger partial charge in [-0.05, 0) is 32.0 Å². The molecule has 10 heteroatoms. The van der Waals surface area contributed by atoms with Gasteiger partial charge in [-0.25, -0.2) is 4.68 Å². The maximum absolute atomic E-state index is 14.0.